The van der Waals surface area contributed by atoms with Gasteiger partial charge in [0.05, 0.1) is 19.7 Å². The van der Waals surface area contributed by atoms with Gasteiger partial charge in [0.25, 0.3) is 0 Å². The van der Waals surface area contributed by atoms with Crippen LogP contribution >= 0.6 is 12.4 Å². The molecule has 30 heavy (non-hydrogen) atoms. The zero-order valence-electron chi connectivity index (χ0n) is 16.9. The van der Waals surface area contributed by atoms with Crippen molar-refractivity contribution in [1.29, 1.82) is 0 Å². The molecule has 1 aliphatic rings. The normalized spacial score (nSPS) is 14.3. The van der Waals surface area contributed by atoms with Crippen LogP contribution in [0, 0.1) is 0 Å². The fourth-order valence-corrected chi connectivity index (χ4v) is 3.57. The largest absolute Gasteiger partial charge is 0.497 e. The molecule has 1 atom stereocenters. The summed E-state index contributed by atoms with van der Waals surface area (Å²) in [5.41, 5.74) is 8.24. The minimum absolute atomic E-state index is 0. The molecular weight excluding hydrogens is 402 g/mol. The van der Waals surface area contributed by atoms with Crippen LogP contribution in [-0.2, 0) is 24.2 Å². The first-order valence-corrected chi connectivity index (χ1v) is 9.80. The van der Waals surface area contributed by atoms with E-state index in [0.29, 0.717) is 32.5 Å². The lowest BCUT2D eigenvalue weighted by molar-refractivity contribution is -0.132. The zero-order valence-corrected chi connectivity index (χ0v) is 17.7. The van der Waals surface area contributed by atoms with Gasteiger partial charge in [-0.15, -0.1) is 12.4 Å². The first-order valence-electron chi connectivity index (χ1n) is 9.80. The fraction of sp³-hybridized carbons (Fsp3) is 0.318. The molecule has 0 saturated heterocycles. The molecular formula is C22H26ClN5O2. The van der Waals surface area contributed by atoms with Gasteiger partial charge in [-0.3, -0.25) is 4.79 Å². The molecule has 7 nitrogen and oxygen atoms in total. The first-order chi connectivity index (χ1) is 14.1. The molecule has 158 valence electrons. The highest BCUT2D eigenvalue weighted by Gasteiger charge is 2.25. The van der Waals surface area contributed by atoms with Crippen molar-refractivity contribution in [3.63, 3.8) is 0 Å². The van der Waals surface area contributed by atoms with Gasteiger partial charge in [-0.05, 0) is 24.1 Å². The van der Waals surface area contributed by atoms with Crippen LogP contribution < -0.4 is 10.5 Å². The molecule has 0 saturated carbocycles. The second kappa shape index (κ2) is 9.73. The van der Waals surface area contributed by atoms with Crippen molar-refractivity contribution < 1.29 is 9.53 Å². The number of carbonyl (C=O) groups excluding carboxylic acids is 1. The van der Waals surface area contributed by atoms with E-state index in [-0.39, 0.29) is 18.3 Å². The molecule has 0 spiro atoms. The van der Waals surface area contributed by atoms with E-state index in [0.717, 1.165) is 28.5 Å². The molecule has 3 aromatic rings. The maximum absolute atomic E-state index is 12.9. The number of benzene rings is 2. The van der Waals surface area contributed by atoms with Crippen molar-refractivity contribution in [3.8, 4) is 17.1 Å². The van der Waals surface area contributed by atoms with E-state index in [1.165, 1.54) is 0 Å². The Balaban J connectivity index is 0.00000256. The average Bonchev–Trinajstić information content (AvgIpc) is 3.07. The summed E-state index contributed by atoms with van der Waals surface area (Å²) >= 11 is 0. The van der Waals surface area contributed by atoms with Gasteiger partial charge in [0.15, 0.2) is 5.82 Å². The fourth-order valence-electron chi connectivity index (χ4n) is 3.57. The van der Waals surface area contributed by atoms with Gasteiger partial charge < -0.3 is 15.4 Å². The molecule has 0 unspecified atom stereocenters. The molecule has 0 aliphatic carbocycles. The third kappa shape index (κ3) is 4.80. The monoisotopic (exact) mass is 427 g/mol. The Morgan fingerprint density at radius 2 is 1.83 bits per heavy atom. The molecule has 2 N–H and O–H groups in total. The van der Waals surface area contributed by atoms with Crippen LogP contribution in [-0.4, -0.2) is 51.8 Å². The number of nitrogens with zero attached hydrogens (tertiary/aromatic N) is 4. The number of fused-ring (bicyclic) bond motifs is 1. The van der Waals surface area contributed by atoms with Crippen molar-refractivity contribution in [3.05, 3.63) is 66.0 Å². The summed E-state index contributed by atoms with van der Waals surface area (Å²) in [6, 6.07) is 17.0. The van der Waals surface area contributed by atoms with Crippen LogP contribution in [0.5, 0.6) is 5.75 Å². The van der Waals surface area contributed by atoms with E-state index in [1.807, 2.05) is 64.2 Å². The lowest BCUT2D eigenvalue weighted by atomic mass is 10.1. The second-order valence-electron chi connectivity index (χ2n) is 7.17. The summed E-state index contributed by atoms with van der Waals surface area (Å²) in [5, 5.41) is 4.63. The van der Waals surface area contributed by atoms with Gasteiger partial charge >= 0.3 is 0 Å². The zero-order chi connectivity index (χ0) is 20.2. The van der Waals surface area contributed by atoms with Gasteiger partial charge in [-0.25, -0.2) is 9.67 Å². The number of nitrogens with two attached hydrogens (primary N) is 1. The topological polar surface area (TPSA) is 86.3 Å². The van der Waals surface area contributed by atoms with Crippen LogP contribution in [0.15, 0.2) is 54.6 Å². The number of hydrogen-bond acceptors (Lipinski definition) is 5. The Morgan fingerprint density at radius 3 is 2.53 bits per heavy atom. The van der Waals surface area contributed by atoms with E-state index in [4.69, 9.17) is 10.5 Å². The number of ether oxygens (including phenoxy) is 1. The minimum atomic E-state index is -0.568. The lowest BCUT2D eigenvalue weighted by Gasteiger charge is -2.23. The Morgan fingerprint density at radius 1 is 1.10 bits per heavy atom. The maximum atomic E-state index is 12.9. The minimum Gasteiger partial charge on any atom is -0.497 e. The molecule has 1 aliphatic heterocycles. The smallest absolute Gasteiger partial charge is 0.239 e. The number of rotatable bonds is 5. The van der Waals surface area contributed by atoms with E-state index < -0.39 is 6.04 Å². The predicted molar refractivity (Wildman–Crippen MR) is 118 cm³/mol. The predicted octanol–water partition coefficient (Wildman–Crippen LogP) is 2.33. The van der Waals surface area contributed by atoms with Crippen molar-refractivity contribution in [2.75, 3.05) is 20.2 Å². The highest BCUT2D eigenvalue weighted by Crippen LogP contribution is 2.18. The molecule has 1 amide bonds. The van der Waals surface area contributed by atoms with Crippen LogP contribution in [0.2, 0.25) is 0 Å². The van der Waals surface area contributed by atoms with E-state index in [9.17, 15) is 4.79 Å². The van der Waals surface area contributed by atoms with Gasteiger partial charge in [0.2, 0.25) is 5.91 Å². The molecule has 8 heteroatoms. The third-order valence-corrected chi connectivity index (χ3v) is 5.21. The number of hydrogen-bond donors (Lipinski definition) is 1. The maximum Gasteiger partial charge on any atom is 0.239 e. The van der Waals surface area contributed by atoms with Gasteiger partial charge in [0, 0.05) is 25.1 Å². The second-order valence-corrected chi connectivity index (χ2v) is 7.17. The molecule has 1 aromatic heterocycles. The summed E-state index contributed by atoms with van der Waals surface area (Å²) in [7, 11) is 1.63. The Kier molecular flexibility index (Phi) is 7.07. The third-order valence-electron chi connectivity index (χ3n) is 5.21. The Labute approximate surface area is 182 Å². The van der Waals surface area contributed by atoms with Crippen LogP contribution in [0.4, 0.5) is 0 Å². The van der Waals surface area contributed by atoms with E-state index >= 15 is 0 Å². The van der Waals surface area contributed by atoms with Crippen LogP contribution in [0.1, 0.15) is 11.4 Å². The highest BCUT2D eigenvalue weighted by molar-refractivity contribution is 5.85. The standard InChI is InChI=1S/C22H25N5O2.ClH/c1-29-18-9-7-16(8-10-18)15-19(23)22(28)26-12-11-20-24-21(25-27(20)14-13-26)17-5-3-2-4-6-17;/h2-10,19H,11-15,23H2,1H3;1H/t19-;/m0./s1. The van der Waals surface area contributed by atoms with Crippen molar-refractivity contribution in [2.24, 2.45) is 5.73 Å². The average molecular weight is 428 g/mol. The van der Waals surface area contributed by atoms with Crippen molar-refractivity contribution >= 4 is 18.3 Å². The highest BCUT2D eigenvalue weighted by atomic mass is 35.5. The molecule has 2 aromatic carbocycles. The SMILES string of the molecule is COc1ccc(C[C@H](N)C(=O)N2CCc3nc(-c4ccccc4)nn3CC2)cc1.Cl. The molecule has 2 heterocycles. The summed E-state index contributed by atoms with van der Waals surface area (Å²) in [6.45, 7) is 1.80. The Hall–Kier alpha value is -2.90. The van der Waals surface area contributed by atoms with Crippen molar-refractivity contribution in [1.82, 2.24) is 19.7 Å². The Bertz CT molecular complexity index is 949. The lowest BCUT2D eigenvalue weighted by Crippen LogP contribution is -2.46. The van der Waals surface area contributed by atoms with Crippen molar-refractivity contribution in [2.45, 2.75) is 25.4 Å². The van der Waals surface area contributed by atoms with Gasteiger partial charge in [-0.2, -0.15) is 5.10 Å². The van der Waals surface area contributed by atoms with Crippen LogP contribution in [0.25, 0.3) is 11.4 Å². The summed E-state index contributed by atoms with van der Waals surface area (Å²) in [5.74, 6) is 2.40. The molecule has 4 rings (SSSR count). The summed E-state index contributed by atoms with van der Waals surface area (Å²) < 4.78 is 7.08. The van der Waals surface area contributed by atoms with Gasteiger partial charge in [0.1, 0.15) is 11.6 Å². The molecule has 0 fully saturated rings. The molecule has 0 bridgehead atoms. The molecule has 0 radical (unpaired) electrons. The first kappa shape index (κ1) is 21.8. The summed E-state index contributed by atoms with van der Waals surface area (Å²) in [6.07, 6.45) is 1.17. The number of halogens is 1. The number of amides is 1. The summed E-state index contributed by atoms with van der Waals surface area (Å²) in [4.78, 5) is 19.4. The quantitative estimate of drug-likeness (QED) is 0.675. The van der Waals surface area contributed by atoms with Crippen LogP contribution in [0.3, 0.4) is 0 Å². The number of methoxy groups -OCH3 is 1. The van der Waals surface area contributed by atoms with E-state index in [1.54, 1.807) is 7.11 Å². The van der Waals surface area contributed by atoms with Gasteiger partial charge in [-0.1, -0.05) is 42.5 Å². The number of aromatic nitrogens is 3. The number of carbonyl (C=O) groups is 1. The van der Waals surface area contributed by atoms with E-state index in [2.05, 4.69) is 10.1 Å².